The van der Waals surface area contributed by atoms with Crippen molar-refractivity contribution in [2.24, 2.45) is 0 Å². The number of aryl methyl sites for hydroxylation is 1. The summed E-state index contributed by atoms with van der Waals surface area (Å²) >= 11 is 1.95. The Morgan fingerprint density at radius 1 is 0.941 bits per heavy atom. The second-order valence-corrected chi connectivity index (χ2v) is 10.2. The topological polar surface area (TPSA) is 41.4 Å². The van der Waals surface area contributed by atoms with Crippen molar-refractivity contribution in [3.8, 4) is 0 Å². The molecular formula is C28H30N4OS. The summed E-state index contributed by atoms with van der Waals surface area (Å²) < 4.78 is 2.18. The van der Waals surface area contributed by atoms with E-state index in [0.29, 0.717) is 5.25 Å². The van der Waals surface area contributed by atoms with Crippen molar-refractivity contribution in [3.05, 3.63) is 91.0 Å². The maximum atomic E-state index is 11.0. The Hall–Kier alpha value is -3.25. The maximum absolute atomic E-state index is 11.0. The predicted octanol–water partition coefficient (Wildman–Crippen LogP) is 5.11. The molecule has 1 fully saturated rings. The van der Waals surface area contributed by atoms with E-state index in [1.165, 1.54) is 26.9 Å². The van der Waals surface area contributed by atoms with Crippen molar-refractivity contribution in [1.29, 1.82) is 0 Å². The third-order valence-corrected chi connectivity index (χ3v) is 7.82. The van der Waals surface area contributed by atoms with Gasteiger partial charge in [-0.15, -0.1) is 11.8 Å². The summed E-state index contributed by atoms with van der Waals surface area (Å²) in [5.74, 6) is 0. The fraction of sp³-hybridized carbons (Fsp3) is 0.286. The van der Waals surface area contributed by atoms with Crippen molar-refractivity contribution in [2.75, 3.05) is 31.1 Å². The van der Waals surface area contributed by atoms with Gasteiger partial charge in [-0.25, -0.2) is 4.98 Å². The third-order valence-electron chi connectivity index (χ3n) is 6.56. The van der Waals surface area contributed by atoms with Crippen LogP contribution in [0.25, 0.3) is 10.8 Å². The van der Waals surface area contributed by atoms with Crippen LogP contribution < -0.4 is 4.90 Å². The first-order chi connectivity index (χ1) is 16.8. The number of hydrogen-bond donors (Lipinski definition) is 0. The molecule has 6 heteroatoms. The molecule has 5 rings (SSSR count). The summed E-state index contributed by atoms with van der Waals surface area (Å²) in [7, 11) is 0. The molecule has 1 unspecified atom stereocenters. The third kappa shape index (κ3) is 5.45. The lowest BCUT2D eigenvalue weighted by Gasteiger charge is -2.34. The Bertz CT molecular complexity index is 1200. The van der Waals surface area contributed by atoms with E-state index in [1.54, 1.807) is 0 Å². The van der Waals surface area contributed by atoms with Gasteiger partial charge in [-0.1, -0.05) is 42.5 Å². The van der Waals surface area contributed by atoms with Crippen LogP contribution in [0, 0.1) is 0 Å². The van der Waals surface area contributed by atoms with Crippen LogP contribution in [0.3, 0.4) is 0 Å². The highest BCUT2D eigenvalue weighted by Crippen LogP contribution is 2.31. The molecule has 0 radical (unpaired) electrons. The van der Waals surface area contributed by atoms with E-state index in [4.69, 9.17) is 0 Å². The van der Waals surface area contributed by atoms with Gasteiger partial charge < -0.3 is 14.4 Å². The summed E-state index contributed by atoms with van der Waals surface area (Å²) in [4.78, 5) is 20.7. The van der Waals surface area contributed by atoms with E-state index >= 15 is 0 Å². The number of carbonyl (C=O) groups is 1. The number of carbonyl (C=O) groups excluding carboxylic acids is 1. The number of fused-ring (bicyclic) bond motifs is 1. The van der Waals surface area contributed by atoms with Crippen molar-refractivity contribution in [3.63, 3.8) is 0 Å². The molecule has 1 saturated heterocycles. The molecular weight excluding hydrogens is 440 g/mol. The summed E-state index contributed by atoms with van der Waals surface area (Å²) in [6.07, 6.45) is 8.90. The van der Waals surface area contributed by atoms with E-state index in [1.807, 2.05) is 35.4 Å². The zero-order chi connectivity index (χ0) is 23.2. The van der Waals surface area contributed by atoms with Crippen LogP contribution in [0.2, 0.25) is 0 Å². The SMILES string of the molecule is O=CN1CCN(c2ccc(SC(CCc3cccc4ccccc34)Cn3ccnc3)cc2)CC1. The molecule has 0 saturated carbocycles. The molecule has 5 nitrogen and oxygen atoms in total. The molecule has 0 spiro atoms. The predicted molar refractivity (Wildman–Crippen MR) is 140 cm³/mol. The maximum Gasteiger partial charge on any atom is 0.209 e. The molecule has 0 bridgehead atoms. The lowest BCUT2D eigenvalue weighted by atomic mass is 10.00. The van der Waals surface area contributed by atoms with E-state index in [2.05, 4.69) is 81.2 Å². The number of imidazole rings is 1. The second-order valence-electron chi connectivity index (χ2n) is 8.80. The van der Waals surface area contributed by atoms with E-state index in [0.717, 1.165) is 52.0 Å². The highest BCUT2D eigenvalue weighted by molar-refractivity contribution is 8.00. The molecule has 1 aliphatic heterocycles. The van der Waals surface area contributed by atoms with Crippen LogP contribution in [0.4, 0.5) is 5.69 Å². The number of piperazine rings is 1. The number of thioether (sulfide) groups is 1. The molecule has 2 heterocycles. The van der Waals surface area contributed by atoms with E-state index in [9.17, 15) is 4.79 Å². The molecule has 1 amide bonds. The van der Waals surface area contributed by atoms with Gasteiger partial charge in [-0.05, 0) is 53.4 Å². The molecule has 34 heavy (non-hydrogen) atoms. The molecule has 3 aromatic carbocycles. The minimum absolute atomic E-state index is 0.440. The van der Waals surface area contributed by atoms with Gasteiger partial charge >= 0.3 is 0 Å². The van der Waals surface area contributed by atoms with Crippen molar-refractivity contribution < 1.29 is 4.79 Å². The Morgan fingerprint density at radius 3 is 2.50 bits per heavy atom. The van der Waals surface area contributed by atoms with Crippen LogP contribution in [0.5, 0.6) is 0 Å². The number of aromatic nitrogens is 2. The second kappa shape index (κ2) is 10.8. The van der Waals surface area contributed by atoms with Crippen LogP contribution in [0.1, 0.15) is 12.0 Å². The van der Waals surface area contributed by atoms with Crippen molar-refractivity contribution in [1.82, 2.24) is 14.5 Å². The van der Waals surface area contributed by atoms with Gasteiger partial charge in [-0.2, -0.15) is 0 Å². The van der Waals surface area contributed by atoms with E-state index in [-0.39, 0.29) is 0 Å². The Morgan fingerprint density at radius 2 is 1.74 bits per heavy atom. The largest absolute Gasteiger partial charge is 0.368 e. The Balaban J connectivity index is 1.27. The minimum Gasteiger partial charge on any atom is -0.368 e. The van der Waals surface area contributed by atoms with Crippen molar-refractivity contribution in [2.45, 2.75) is 29.5 Å². The fourth-order valence-corrected chi connectivity index (χ4v) is 5.82. The van der Waals surface area contributed by atoms with Gasteiger partial charge in [0.1, 0.15) is 0 Å². The van der Waals surface area contributed by atoms with Crippen LogP contribution in [-0.2, 0) is 17.8 Å². The van der Waals surface area contributed by atoms with E-state index < -0.39 is 0 Å². The molecule has 4 aromatic rings. The summed E-state index contributed by atoms with van der Waals surface area (Å²) in [5, 5.41) is 3.11. The molecule has 174 valence electrons. The smallest absolute Gasteiger partial charge is 0.209 e. The Kier molecular flexibility index (Phi) is 7.15. The highest BCUT2D eigenvalue weighted by atomic mass is 32.2. The van der Waals surface area contributed by atoms with Gasteiger partial charge in [0, 0.05) is 61.0 Å². The number of hydrogen-bond acceptors (Lipinski definition) is 4. The lowest BCUT2D eigenvalue weighted by Crippen LogP contribution is -2.45. The molecule has 0 aliphatic carbocycles. The van der Waals surface area contributed by atoms with Gasteiger partial charge in [0.25, 0.3) is 0 Å². The number of rotatable bonds is 9. The minimum atomic E-state index is 0.440. The van der Waals surface area contributed by atoms with Crippen LogP contribution in [0.15, 0.2) is 90.3 Å². The fourth-order valence-electron chi connectivity index (χ4n) is 4.66. The summed E-state index contributed by atoms with van der Waals surface area (Å²) in [6, 6.07) is 24.2. The first-order valence-corrected chi connectivity index (χ1v) is 12.8. The first kappa shape index (κ1) is 22.5. The number of anilines is 1. The first-order valence-electron chi connectivity index (χ1n) is 11.9. The normalized spacial score (nSPS) is 14.9. The highest BCUT2D eigenvalue weighted by Gasteiger charge is 2.17. The van der Waals surface area contributed by atoms with Crippen LogP contribution in [-0.4, -0.2) is 52.3 Å². The molecule has 0 N–H and O–H groups in total. The number of benzene rings is 3. The Labute approximate surface area is 205 Å². The summed E-state index contributed by atoms with van der Waals surface area (Å²) in [5.41, 5.74) is 2.65. The average Bonchev–Trinajstić information content (AvgIpc) is 3.41. The number of nitrogens with zero attached hydrogens (tertiary/aromatic N) is 4. The standard InChI is InChI=1S/C28H30N4OS/c33-22-30-16-18-32(19-17-30)25-9-12-26(13-10-25)34-27(20-31-15-14-29-21-31)11-8-24-6-3-5-23-4-1-2-7-28(23)24/h1-7,9-10,12-15,21-22,27H,8,11,16-20H2. The van der Waals surface area contributed by atoms with Crippen LogP contribution >= 0.6 is 11.8 Å². The van der Waals surface area contributed by atoms with Gasteiger partial charge in [0.2, 0.25) is 6.41 Å². The summed E-state index contributed by atoms with van der Waals surface area (Å²) in [6.45, 7) is 4.30. The lowest BCUT2D eigenvalue weighted by molar-refractivity contribution is -0.118. The zero-order valence-electron chi connectivity index (χ0n) is 19.3. The monoisotopic (exact) mass is 470 g/mol. The van der Waals surface area contributed by atoms with Gasteiger partial charge in [0.05, 0.1) is 6.33 Å². The quantitative estimate of drug-likeness (QED) is 0.252. The van der Waals surface area contributed by atoms with Gasteiger partial charge in [0.15, 0.2) is 0 Å². The molecule has 1 atom stereocenters. The van der Waals surface area contributed by atoms with Crippen molar-refractivity contribution >= 4 is 34.6 Å². The molecule has 1 aliphatic rings. The molecule has 1 aromatic heterocycles. The number of amides is 1. The zero-order valence-corrected chi connectivity index (χ0v) is 20.1. The van der Waals surface area contributed by atoms with Gasteiger partial charge in [-0.3, -0.25) is 4.79 Å². The average molecular weight is 471 g/mol.